The quantitative estimate of drug-likeness (QED) is 0.804. The van der Waals surface area contributed by atoms with Gasteiger partial charge in [0.05, 0.1) is 17.1 Å². The standard InChI is InChI=1S/C18H19N3O/c1-12-7-6-8-14(11-12)18(22)19-13(2)17-20-15-9-4-5-10-16(15)21(17)3/h4-11,13H,1-3H3,(H,19,22)/t13-/m0/s1. The lowest BCUT2D eigenvalue weighted by atomic mass is 10.1. The third-order valence-electron chi connectivity index (χ3n) is 3.84. The molecule has 1 heterocycles. The van der Waals surface area contributed by atoms with Gasteiger partial charge in [-0.1, -0.05) is 29.8 Å². The van der Waals surface area contributed by atoms with Crippen molar-refractivity contribution in [3.63, 3.8) is 0 Å². The Hall–Kier alpha value is -2.62. The van der Waals surface area contributed by atoms with E-state index in [0.29, 0.717) is 5.56 Å². The number of aromatic nitrogens is 2. The number of hydrogen-bond acceptors (Lipinski definition) is 2. The molecule has 0 spiro atoms. The summed E-state index contributed by atoms with van der Waals surface area (Å²) in [6.07, 6.45) is 0. The van der Waals surface area contributed by atoms with E-state index in [1.807, 2.05) is 74.0 Å². The van der Waals surface area contributed by atoms with Gasteiger partial charge in [-0.05, 0) is 38.1 Å². The van der Waals surface area contributed by atoms with E-state index in [0.717, 1.165) is 22.4 Å². The molecule has 0 aliphatic rings. The average Bonchev–Trinajstić information content (AvgIpc) is 2.85. The van der Waals surface area contributed by atoms with E-state index in [2.05, 4.69) is 10.3 Å². The van der Waals surface area contributed by atoms with Crippen LogP contribution in [0.1, 0.15) is 34.7 Å². The fourth-order valence-electron chi connectivity index (χ4n) is 2.68. The molecule has 0 aliphatic carbocycles. The first kappa shape index (κ1) is 14.3. The zero-order valence-electron chi connectivity index (χ0n) is 13.0. The van der Waals surface area contributed by atoms with E-state index in [4.69, 9.17) is 0 Å². The largest absolute Gasteiger partial charge is 0.342 e. The van der Waals surface area contributed by atoms with Gasteiger partial charge in [0.25, 0.3) is 5.91 Å². The summed E-state index contributed by atoms with van der Waals surface area (Å²) in [7, 11) is 1.97. The first-order chi connectivity index (χ1) is 10.6. The minimum absolute atomic E-state index is 0.0803. The van der Waals surface area contributed by atoms with Crippen LogP contribution in [0.15, 0.2) is 48.5 Å². The van der Waals surface area contributed by atoms with E-state index >= 15 is 0 Å². The number of amides is 1. The van der Waals surface area contributed by atoms with E-state index in [9.17, 15) is 4.79 Å². The summed E-state index contributed by atoms with van der Waals surface area (Å²) in [5, 5.41) is 3.02. The number of nitrogens with zero attached hydrogens (tertiary/aromatic N) is 2. The predicted octanol–water partition coefficient (Wildman–Crippen LogP) is 3.37. The van der Waals surface area contributed by atoms with Crippen LogP contribution in [0, 0.1) is 6.92 Å². The van der Waals surface area contributed by atoms with Crippen molar-refractivity contribution in [2.45, 2.75) is 19.9 Å². The van der Waals surface area contributed by atoms with Gasteiger partial charge in [0.15, 0.2) is 0 Å². The number of fused-ring (bicyclic) bond motifs is 1. The highest BCUT2D eigenvalue weighted by Gasteiger charge is 2.17. The Morgan fingerprint density at radius 2 is 1.95 bits per heavy atom. The molecule has 0 aliphatic heterocycles. The summed E-state index contributed by atoms with van der Waals surface area (Å²) in [5.74, 6) is 0.769. The van der Waals surface area contributed by atoms with Crippen molar-refractivity contribution in [2.24, 2.45) is 7.05 Å². The van der Waals surface area contributed by atoms with E-state index in [1.54, 1.807) is 0 Å². The number of carbonyl (C=O) groups is 1. The molecule has 3 rings (SSSR count). The van der Waals surface area contributed by atoms with Crippen molar-refractivity contribution >= 4 is 16.9 Å². The number of benzene rings is 2. The SMILES string of the molecule is Cc1cccc(C(=O)N[C@@H](C)c2nc3ccccc3n2C)c1. The maximum absolute atomic E-state index is 12.4. The van der Waals surface area contributed by atoms with Crippen LogP contribution in [0.5, 0.6) is 0 Å². The van der Waals surface area contributed by atoms with Crippen LogP contribution in [0.4, 0.5) is 0 Å². The maximum Gasteiger partial charge on any atom is 0.251 e. The molecule has 1 amide bonds. The van der Waals surface area contributed by atoms with Gasteiger partial charge in [-0.3, -0.25) is 4.79 Å². The van der Waals surface area contributed by atoms with Crippen molar-refractivity contribution in [1.82, 2.24) is 14.9 Å². The molecular formula is C18H19N3O. The summed E-state index contributed by atoms with van der Waals surface area (Å²) < 4.78 is 2.02. The van der Waals surface area contributed by atoms with Crippen LogP contribution >= 0.6 is 0 Å². The number of aryl methyl sites for hydroxylation is 2. The Labute approximate surface area is 129 Å². The monoisotopic (exact) mass is 293 g/mol. The van der Waals surface area contributed by atoms with Gasteiger partial charge in [-0.2, -0.15) is 0 Å². The highest BCUT2D eigenvalue weighted by atomic mass is 16.1. The van der Waals surface area contributed by atoms with E-state index < -0.39 is 0 Å². The Morgan fingerprint density at radius 3 is 2.68 bits per heavy atom. The molecular weight excluding hydrogens is 274 g/mol. The summed E-state index contributed by atoms with van der Waals surface area (Å²) in [6.45, 7) is 3.93. The first-order valence-electron chi connectivity index (χ1n) is 7.35. The second-order valence-corrected chi connectivity index (χ2v) is 5.58. The topological polar surface area (TPSA) is 46.9 Å². The van der Waals surface area contributed by atoms with Crippen molar-refractivity contribution in [1.29, 1.82) is 0 Å². The molecule has 0 bridgehead atoms. The average molecular weight is 293 g/mol. The zero-order valence-corrected chi connectivity index (χ0v) is 13.0. The molecule has 0 unspecified atom stereocenters. The number of hydrogen-bond donors (Lipinski definition) is 1. The molecule has 1 atom stereocenters. The third-order valence-corrected chi connectivity index (χ3v) is 3.84. The van der Waals surface area contributed by atoms with Gasteiger partial charge in [0.1, 0.15) is 5.82 Å². The van der Waals surface area contributed by atoms with Crippen LogP contribution in [-0.2, 0) is 7.05 Å². The molecule has 4 heteroatoms. The molecule has 2 aromatic carbocycles. The molecule has 3 aromatic rings. The summed E-state index contributed by atoms with van der Waals surface area (Å²) >= 11 is 0. The van der Waals surface area contributed by atoms with Crippen LogP contribution in [-0.4, -0.2) is 15.5 Å². The second-order valence-electron chi connectivity index (χ2n) is 5.58. The zero-order chi connectivity index (χ0) is 15.7. The lowest BCUT2D eigenvalue weighted by molar-refractivity contribution is 0.0938. The highest BCUT2D eigenvalue weighted by Crippen LogP contribution is 2.19. The molecule has 1 aromatic heterocycles. The number of nitrogens with one attached hydrogen (secondary N) is 1. The summed E-state index contributed by atoms with van der Waals surface area (Å²) in [5.41, 5.74) is 3.75. The Bertz CT molecular complexity index is 835. The van der Waals surface area contributed by atoms with Gasteiger partial charge in [-0.15, -0.1) is 0 Å². The molecule has 1 N–H and O–H groups in total. The Balaban J connectivity index is 1.85. The lowest BCUT2D eigenvalue weighted by Gasteiger charge is -2.14. The van der Waals surface area contributed by atoms with Gasteiger partial charge >= 0.3 is 0 Å². The number of imidazole rings is 1. The summed E-state index contributed by atoms with van der Waals surface area (Å²) in [6, 6.07) is 15.4. The molecule has 0 radical (unpaired) electrons. The van der Waals surface area contributed by atoms with Crippen LogP contribution < -0.4 is 5.32 Å². The van der Waals surface area contributed by atoms with Gasteiger partial charge in [0.2, 0.25) is 0 Å². The third kappa shape index (κ3) is 2.60. The van der Waals surface area contributed by atoms with E-state index in [-0.39, 0.29) is 11.9 Å². The number of para-hydroxylation sites is 2. The number of carbonyl (C=O) groups excluding carboxylic acids is 1. The van der Waals surface area contributed by atoms with Crippen molar-refractivity contribution < 1.29 is 4.79 Å². The molecule has 0 saturated carbocycles. The van der Waals surface area contributed by atoms with Crippen LogP contribution in [0.2, 0.25) is 0 Å². The van der Waals surface area contributed by atoms with E-state index in [1.165, 1.54) is 0 Å². The fraction of sp³-hybridized carbons (Fsp3) is 0.222. The molecule has 0 saturated heterocycles. The molecule has 22 heavy (non-hydrogen) atoms. The number of rotatable bonds is 3. The molecule has 112 valence electrons. The normalized spacial score (nSPS) is 12.3. The molecule has 0 fully saturated rings. The lowest BCUT2D eigenvalue weighted by Crippen LogP contribution is -2.28. The van der Waals surface area contributed by atoms with Gasteiger partial charge in [0, 0.05) is 12.6 Å². The Morgan fingerprint density at radius 1 is 1.18 bits per heavy atom. The summed E-state index contributed by atoms with van der Waals surface area (Å²) in [4.78, 5) is 17.0. The van der Waals surface area contributed by atoms with Crippen molar-refractivity contribution in [3.8, 4) is 0 Å². The first-order valence-corrected chi connectivity index (χ1v) is 7.35. The molecule has 4 nitrogen and oxygen atoms in total. The van der Waals surface area contributed by atoms with Crippen LogP contribution in [0.3, 0.4) is 0 Å². The fourth-order valence-corrected chi connectivity index (χ4v) is 2.68. The minimum Gasteiger partial charge on any atom is -0.342 e. The second kappa shape index (κ2) is 5.64. The highest BCUT2D eigenvalue weighted by molar-refractivity contribution is 5.94. The maximum atomic E-state index is 12.4. The van der Waals surface area contributed by atoms with Gasteiger partial charge in [-0.25, -0.2) is 4.98 Å². The van der Waals surface area contributed by atoms with Crippen molar-refractivity contribution in [3.05, 3.63) is 65.5 Å². The predicted molar refractivity (Wildman–Crippen MR) is 87.8 cm³/mol. The Kier molecular flexibility index (Phi) is 3.67. The van der Waals surface area contributed by atoms with Gasteiger partial charge < -0.3 is 9.88 Å². The van der Waals surface area contributed by atoms with Crippen LogP contribution in [0.25, 0.3) is 11.0 Å². The smallest absolute Gasteiger partial charge is 0.251 e. The van der Waals surface area contributed by atoms with Crippen molar-refractivity contribution in [2.75, 3.05) is 0 Å². The minimum atomic E-state index is -0.162.